The lowest BCUT2D eigenvalue weighted by atomic mass is 10.2. The van der Waals surface area contributed by atoms with Gasteiger partial charge in [-0.3, -0.25) is 19.5 Å². The molecular formula is C16H12N4O6S. The van der Waals surface area contributed by atoms with Crippen LogP contribution in [-0.2, 0) is 14.9 Å². The molecule has 0 aliphatic heterocycles. The van der Waals surface area contributed by atoms with E-state index in [0.29, 0.717) is 5.69 Å². The summed E-state index contributed by atoms with van der Waals surface area (Å²) in [5, 5.41) is 24.8. The highest BCUT2D eigenvalue weighted by Crippen LogP contribution is 2.17. The average Bonchev–Trinajstić information content (AvgIpc) is 2.62. The van der Waals surface area contributed by atoms with Crippen molar-refractivity contribution in [3.63, 3.8) is 0 Å². The lowest BCUT2D eigenvalue weighted by Gasteiger charge is -2.06. The third-order valence-corrected chi connectivity index (χ3v) is 4.10. The van der Waals surface area contributed by atoms with Gasteiger partial charge in [0.25, 0.3) is 21.7 Å². The van der Waals surface area contributed by atoms with Gasteiger partial charge >= 0.3 is 0 Å². The Morgan fingerprint density at radius 3 is 2.15 bits per heavy atom. The van der Waals surface area contributed by atoms with Crippen LogP contribution >= 0.6 is 0 Å². The highest BCUT2D eigenvalue weighted by Gasteiger charge is 2.12. The van der Waals surface area contributed by atoms with Crippen molar-refractivity contribution < 1.29 is 22.7 Å². The Morgan fingerprint density at radius 1 is 1.11 bits per heavy atom. The van der Waals surface area contributed by atoms with E-state index in [1.807, 2.05) is 0 Å². The van der Waals surface area contributed by atoms with Crippen molar-refractivity contribution in [2.24, 2.45) is 0 Å². The molecule has 10 nitrogen and oxygen atoms in total. The SMILES string of the molecule is N#C/C(=C/Nc1ccc([N+](=O)[O-])cc1)C(=O)Nc1ccc(S(=O)(=O)O)cc1. The molecule has 0 radical (unpaired) electrons. The Morgan fingerprint density at radius 2 is 1.67 bits per heavy atom. The van der Waals surface area contributed by atoms with Crippen molar-refractivity contribution in [1.29, 1.82) is 5.26 Å². The van der Waals surface area contributed by atoms with Gasteiger partial charge in [0.2, 0.25) is 0 Å². The monoisotopic (exact) mass is 388 g/mol. The van der Waals surface area contributed by atoms with E-state index in [9.17, 15) is 23.3 Å². The fourth-order valence-electron chi connectivity index (χ4n) is 1.89. The molecule has 2 aromatic rings. The fraction of sp³-hybridized carbons (Fsp3) is 0. The van der Waals surface area contributed by atoms with Crippen molar-refractivity contribution in [2.45, 2.75) is 4.90 Å². The number of carbonyl (C=O) groups is 1. The van der Waals surface area contributed by atoms with Gasteiger partial charge in [-0.1, -0.05) is 0 Å². The van der Waals surface area contributed by atoms with Crippen LogP contribution < -0.4 is 10.6 Å². The van der Waals surface area contributed by atoms with Crippen molar-refractivity contribution in [3.8, 4) is 6.07 Å². The largest absolute Gasteiger partial charge is 0.360 e. The van der Waals surface area contributed by atoms with E-state index in [2.05, 4.69) is 10.6 Å². The van der Waals surface area contributed by atoms with Crippen molar-refractivity contribution in [1.82, 2.24) is 0 Å². The summed E-state index contributed by atoms with van der Waals surface area (Å²) in [5.41, 5.74) is 0.255. The first kappa shape index (κ1) is 19.6. The molecule has 1 amide bonds. The maximum atomic E-state index is 12.1. The van der Waals surface area contributed by atoms with Crippen LogP contribution in [0.5, 0.6) is 0 Å². The van der Waals surface area contributed by atoms with Gasteiger partial charge in [0.05, 0.1) is 9.82 Å². The number of non-ortho nitro benzene ring substituents is 1. The molecule has 0 bridgehead atoms. The van der Waals surface area contributed by atoms with E-state index in [0.717, 1.165) is 18.3 Å². The van der Waals surface area contributed by atoms with Crippen LogP contribution in [0.25, 0.3) is 0 Å². The van der Waals surface area contributed by atoms with Gasteiger partial charge in [-0.25, -0.2) is 0 Å². The first-order valence-corrected chi connectivity index (χ1v) is 8.65. The smallest absolute Gasteiger partial charge is 0.294 e. The Hall–Kier alpha value is -3.75. The summed E-state index contributed by atoms with van der Waals surface area (Å²) < 4.78 is 30.8. The highest BCUT2D eigenvalue weighted by atomic mass is 32.2. The molecule has 138 valence electrons. The molecule has 0 heterocycles. The Kier molecular flexibility index (Phi) is 5.86. The summed E-state index contributed by atoms with van der Waals surface area (Å²) in [6, 6.07) is 11.7. The minimum absolute atomic E-state index is 0.101. The standard InChI is InChI=1S/C16H12N4O6S/c17-9-11(10-18-12-1-5-14(6-2-12)20(22)23)16(21)19-13-3-7-15(8-4-13)27(24,25)26/h1-8,10,18H,(H,19,21)(H,24,25,26)/b11-10-. The van der Waals surface area contributed by atoms with Crippen LogP contribution in [0.3, 0.4) is 0 Å². The van der Waals surface area contributed by atoms with Crippen LogP contribution in [0.2, 0.25) is 0 Å². The second-order valence-electron chi connectivity index (χ2n) is 5.07. The maximum Gasteiger partial charge on any atom is 0.294 e. The molecule has 11 heteroatoms. The molecule has 0 unspecified atom stereocenters. The number of nitrogens with zero attached hydrogens (tertiary/aromatic N) is 2. The third-order valence-electron chi connectivity index (χ3n) is 3.24. The summed E-state index contributed by atoms with van der Waals surface area (Å²) in [6.07, 6.45) is 1.13. The molecule has 0 fully saturated rings. The quantitative estimate of drug-likeness (QED) is 0.223. The average molecular weight is 388 g/mol. The number of hydrogen-bond donors (Lipinski definition) is 3. The number of nitrogens with one attached hydrogen (secondary N) is 2. The number of amides is 1. The number of rotatable bonds is 6. The van der Waals surface area contributed by atoms with Crippen LogP contribution in [0.1, 0.15) is 0 Å². The molecule has 2 aromatic carbocycles. The number of benzene rings is 2. The molecule has 27 heavy (non-hydrogen) atoms. The molecule has 0 aromatic heterocycles. The molecule has 0 spiro atoms. The minimum atomic E-state index is -4.35. The highest BCUT2D eigenvalue weighted by molar-refractivity contribution is 7.85. The van der Waals surface area contributed by atoms with Crippen LogP contribution in [0.4, 0.5) is 17.1 Å². The molecule has 0 atom stereocenters. The normalized spacial score (nSPS) is 11.3. The molecule has 2 rings (SSSR count). The summed E-state index contributed by atoms with van der Waals surface area (Å²) in [7, 11) is -4.35. The molecule has 0 saturated carbocycles. The zero-order chi connectivity index (χ0) is 20.0. The predicted molar refractivity (Wildman–Crippen MR) is 95.3 cm³/mol. The van der Waals surface area contributed by atoms with Gasteiger partial charge in [-0.15, -0.1) is 0 Å². The molecular weight excluding hydrogens is 376 g/mol. The second kappa shape index (κ2) is 8.09. The molecule has 0 saturated heterocycles. The van der Waals surface area contributed by atoms with Gasteiger partial charge in [-0.05, 0) is 36.4 Å². The number of nitriles is 1. The summed E-state index contributed by atoms with van der Waals surface area (Å²) in [5.74, 6) is -0.758. The van der Waals surface area contributed by atoms with E-state index in [1.165, 1.54) is 36.4 Å². The number of anilines is 2. The van der Waals surface area contributed by atoms with Crippen molar-refractivity contribution in [2.75, 3.05) is 10.6 Å². The van der Waals surface area contributed by atoms with E-state index < -0.39 is 20.9 Å². The summed E-state index contributed by atoms with van der Waals surface area (Å²) in [4.78, 5) is 21.8. The van der Waals surface area contributed by atoms with Crippen LogP contribution in [0.15, 0.2) is 65.2 Å². The predicted octanol–water partition coefficient (Wildman–Crippen LogP) is 2.30. The number of nitro groups is 1. The zero-order valence-electron chi connectivity index (χ0n) is 13.5. The molecule has 0 aliphatic carbocycles. The summed E-state index contributed by atoms with van der Waals surface area (Å²) >= 11 is 0. The van der Waals surface area contributed by atoms with E-state index in [4.69, 9.17) is 9.81 Å². The van der Waals surface area contributed by atoms with E-state index >= 15 is 0 Å². The van der Waals surface area contributed by atoms with Crippen LogP contribution in [-0.4, -0.2) is 23.8 Å². The first-order valence-electron chi connectivity index (χ1n) is 7.21. The lowest BCUT2D eigenvalue weighted by Crippen LogP contribution is -2.14. The van der Waals surface area contributed by atoms with Gasteiger partial charge in [0, 0.05) is 29.7 Å². The van der Waals surface area contributed by atoms with Gasteiger partial charge in [-0.2, -0.15) is 13.7 Å². The number of nitro benzene ring substituents is 1. The Labute approximate surface area is 153 Å². The van der Waals surface area contributed by atoms with E-state index in [1.54, 1.807) is 6.07 Å². The minimum Gasteiger partial charge on any atom is -0.360 e. The molecule has 3 N–H and O–H groups in total. The Balaban J connectivity index is 2.07. The van der Waals surface area contributed by atoms with Crippen molar-refractivity contribution in [3.05, 3.63) is 70.4 Å². The fourth-order valence-corrected chi connectivity index (χ4v) is 2.37. The number of hydrogen-bond acceptors (Lipinski definition) is 7. The lowest BCUT2D eigenvalue weighted by molar-refractivity contribution is -0.384. The number of carbonyl (C=O) groups excluding carboxylic acids is 1. The van der Waals surface area contributed by atoms with Gasteiger partial charge in [0.15, 0.2) is 0 Å². The third kappa shape index (κ3) is 5.36. The zero-order valence-corrected chi connectivity index (χ0v) is 14.3. The summed E-state index contributed by atoms with van der Waals surface area (Å²) in [6.45, 7) is 0. The maximum absolute atomic E-state index is 12.1. The topological polar surface area (TPSA) is 162 Å². The van der Waals surface area contributed by atoms with Crippen LogP contribution in [0, 0.1) is 21.4 Å². The van der Waals surface area contributed by atoms with Gasteiger partial charge in [0.1, 0.15) is 11.6 Å². The second-order valence-corrected chi connectivity index (χ2v) is 6.49. The van der Waals surface area contributed by atoms with Crippen molar-refractivity contribution >= 4 is 33.1 Å². The molecule has 0 aliphatic rings. The van der Waals surface area contributed by atoms with Gasteiger partial charge < -0.3 is 10.6 Å². The first-order chi connectivity index (χ1) is 12.7. The Bertz CT molecular complexity index is 1040. The van der Waals surface area contributed by atoms with E-state index in [-0.39, 0.29) is 21.8 Å².